The van der Waals surface area contributed by atoms with Crippen molar-refractivity contribution in [1.82, 2.24) is 0 Å². The molecule has 2 atom stereocenters. The van der Waals surface area contributed by atoms with Gasteiger partial charge in [0.25, 0.3) is 0 Å². The molecule has 4 aromatic carbocycles. The molecule has 2 heterocycles. The van der Waals surface area contributed by atoms with E-state index in [4.69, 9.17) is 19.7 Å². The second kappa shape index (κ2) is 24.6. The van der Waals surface area contributed by atoms with Gasteiger partial charge in [-0.15, -0.1) is 0 Å². The van der Waals surface area contributed by atoms with Crippen LogP contribution in [0.15, 0.2) is 72.8 Å². The first-order chi connectivity index (χ1) is 37.4. The van der Waals surface area contributed by atoms with E-state index < -0.39 is 112 Å². The van der Waals surface area contributed by atoms with Crippen molar-refractivity contribution < 1.29 is 105 Å². The van der Waals surface area contributed by atoms with E-state index in [0.717, 1.165) is 43.5 Å². The number of alkyl halides is 6. The summed E-state index contributed by atoms with van der Waals surface area (Å²) in [6.07, 6.45) is -18.4. The van der Waals surface area contributed by atoms with Crippen molar-refractivity contribution in [1.29, 1.82) is 0 Å². The van der Waals surface area contributed by atoms with Crippen molar-refractivity contribution in [3.8, 4) is 23.0 Å². The van der Waals surface area contributed by atoms with Gasteiger partial charge in [0.2, 0.25) is 0 Å². The molecule has 2 unspecified atom stereocenters. The molecular formula is C67H102F6O8P4Sm. The maximum atomic E-state index is 15.1. The number of aliphatic hydroxyl groups excluding tert-OH is 2. The maximum Gasteiger partial charge on any atom is 0.414 e. The van der Waals surface area contributed by atoms with E-state index in [1.54, 1.807) is 0 Å². The molecule has 0 radical (unpaired) electrons. The maximum absolute atomic E-state index is 15.1. The first kappa shape index (κ1) is 78.5. The third-order valence-electron chi connectivity index (χ3n) is 17.2. The Kier molecular flexibility index (Phi) is 22.5. The number of ether oxygens (including phenoxy) is 2. The van der Waals surface area contributed by atoms with Crippen molar-refractivity contribution in [3.05, 3.63) is 95.1 Å². The summed E-state index contributed by atoms with van der Waals surface area (Å²) in [5.74, 6) is 2.74. The molecule has 486 valence electrons. The zero-order valence-corrected chi connectivity index (χ0v) is 62.8. The van der Waals surface area contributed by atoms with E-state index in [-0.39, 0.29) is 40.4 Å². The molecule has 0 spiro atoms. The fraction of sp³-hybridized carbons (Fsp3) is 0.642. The van der Waals surface area contributed by atoms with Crippen LogP contribution in [0.1, 0.15) is 223 Å². The number of para-hydroxylation sites is 4. The molecule has 6 rings (SSSR count). The molecule has 4 aromatic rings. The number of halogens is 6. The Labute approximate surface area is 545 Å². The van der Waals surface area contributed by atoms with Crippen LogP contribution in [-0.4, -0.2) is 76.0 Å². The van der Waals surface area contributed by atoms with Gasteiger partial charge in [0.1, 0.15) is 51.6 Å². The van der Waals surface area contributed by atoms with Crippen LogP contribution in [-0.2, 0) is 29.1 Å². The third kappa shape index (κ3) is 13.8. The fourth-order valence-corrected chi connectivity index (χ4v) is 30.2. The predicted octanol–water partition coefficient (Wildman–Crippen LogP) is 19.8. The van der Waals surface area contributed by atoms with Gasteiger partial charge in [-0.1, -0.05) is 242 Å². The first-order valence-corrected chi connectivity index (χ1v) is 36.1. The molecule has 2 N–H and O–H groups in total. The molecule has 0 fully saturated rings. The Morgan fingerprint density at radius 2 is 0.500 bits per heavy atom. The van der Waals surface area contributed by atoms with Gasteiger partial charge in [-0.3, -0.25) is 0 Å². The van der Waals surface area contributed by atoms with Gasteiger partial charge in [0, 0.05) is 121 Å². The minimum Gasteiger partial charge on any atom is -0.455 e. The van der Waals surface area contributed by atoms with Crippen molar-refractivity contribution in [2.24, 2.45) is 0 Å². The number of rotatable bonds is 6. The summed E-state index contributed by atoms with van der Waals surface area (Å²) in [6.45, 7) is 58.4. The monoisotopic (exact) mass is 1420 g/mol. The number of hydrogen-bond donors (Lipinski definition) is 2. The standard InChI is InChI=1S/2C31H48O3P2.C5H6F6O2.Sm/c2*1-27(2,3)35(32,28(4,5)6)23-19-15-17-21-25(23)34-26-22(31(21,13)14)18-16-20-24(26)36(33,29(7,8)9)30(10,11)12;6-4(7,8)2(12)1-3(13)5(9,10)11;/h2*15-20H,1-14H3;2-3,12-13H,1H2;. The van der Waals surface area contributed by atoms with Crippen LogP contribution in [0.4, 0.5) is 26.3 Å². The summed E-state index contributed by atoms with van der Waals surface area (Å²) in [6, 6.07) is 24.4. The molecule has 0 bridgehead atoms. The van der Waals surface area contributed by atoms with Crippen molar-refractivity contribution in [2.75, 3.05) is 0 Å². The number of fused-ring (bicyclic) bond motifs is 4. The second-order valence-electron chi connectivity index (χ2n) is 32.2. The van der Waals surface area contributed by atoms with E-state index >= 15 is 18.3 Å². The molecule has 0 saturated heterocycles. The van der Waals surface area contributed by atoms with Gasteiger partial charge in [-0.05, 0) is 24.3 Å². The Morgan fingerprint density at radius 1 is 0.349 bits per heavy atom. The average Bonchev–Trinajstić information content (AvgIpc) is 0.742. The van der Waals surface area contributed by atoms with Gasteiger partial charge in [0.05, 0.1) is 21.2 Å². The average molecular weight is 1420 g/mol. The van der Waals surface area contributed by atoms with Crippen LogP contribution in [0.25, 0.3) is 0 Å². The number of aliphatic hydroxyl groups is 2. The van der Waals surface area contributed by atoms with Crippen molar-refractivity contribution >= 4 is 49.8 Å². The van der Waals surface area contributed by atoms with Crippen LogP contribution in [0.2, 0.25) is 0 Å². The van der Waals surface area contributed by atoms with Crippen molar-refractivity contribution in [3.63, 3.8) is 0 Å². The Hall–Kier alpha value is -1.76. The van der Waals surface area contributed by atoms with Gasteiger partial charge in [-0.25, -0.2) is 0 Å². The van der Waals surface area contributed by atoms with Crippen LogP contribution in [0, 0.1) is 40.4 Å². The molecule has 8 nitrogen and oxygen atoms in total. The molecule has 2 aliphatic heterocycles. The second-order valence-corrected chi connectivity index (χ2v) is 49.8. The summed E-state index contributed by atoms with van der Waals surface area (Å²) in [5, 5.41) is 15.7. The quantitative estimate of drug-likeness (QED) is 0.144. The van der Waals surface area contributed by atoms with Crippen LogP contribution < -0.4 is 30.7 Å². The smallest absolute Gasteiger partial charge is 0.414 e. The SMILES string of the molecule is CC1(C)c2cccc(P(=O)(C(C)(C)C)C(C)(C)C)c2Oc2c1cccc2P(=O)(C(C)(C)C)C(C)(C)C.CC1(C)c2cccc(P(=O)(C(C)(C)C)C(C)(C)C)c2Oc2c1cccc2P(=O)(C(C)(C)C)C(C)(C)C.OC(CC(O)C(F)(F)F)C(F)(F)F.[Sm]. The first-order valence-electron chi connectivity index (χ1n) is 29.3. The van der Waals surface area contributed by atoms with E-state index in [1.165, 1.54) is 0 Å². The minimum atomic E-state index is -5.15. The minimum absolute atomic E-state index is 0. The summed E-state index contributed by atoms with van der Waals surface area (Å²) in [7, 11) is -11.9. The molecule has 19 heteroatoms. The zero-order valence-electron chi connectivity index (χ0n) is 56.6. The van der Waals surface area contributed by atoms with Gasteiger partial charge in [-0.2, -0.15) is 26.3 Å². The van der Waals surface area contributed by atoms with Crippen LogP contribution in [0.5, 0.6) is 23.0 Å². The molecular weight excluding hydrogens is 1320 g/mol. The Balaban J connectivity index is 0.000000371. The Morgan fingerprint density at radius 3 is 0.628 bits per heavy atom. The van der Waals surface area contributed by atoms with Crippen LogP contribution in [0.3, 0.4) is 0 Å². The summed E-state index contributed by atoms with van der Waals surface area (Å²) in [4.78, 5) is 0. The number of benzene rings is 4. The third-order valence-corrected chi connectivity index (χ3v) is 36.4. The molecule has 2 aliphatic rings. The van der Waals surface area contributed by atoms with E-state index in [9.17, 15) is 26.3 Å². The fourth-order valence-electron chi connectivity index (χ4n) is 13.4. The zero-order chi connectivity index (χ0) is 66.7. The van der Waals surface area contributed by atoms with E-state index in [2.05, 4.69) is 218 Å². The van der Waals surface area contributed by atoms with Crippen molar-refractivity contribution in [2.45, 2.75) is 277 Å². The normalized spacial score (nSPS) is 16.8. The van der Waals surface area contributed by atoms with Gasteiger partial charge < -0.3 is 37.9 Å². The molecule has 0 saturated carbocycles. The van der Waals surface area contributed by atoms with Crippen LogP contribution >= 0.6 is 28.6 Å². The van der Waals surface area contributed by atoms with E-state index in [0.29, 0.717) is 23.0 Å². The molecule has 0 amide bonds. The van der Waals surface area contributed by atoms with E-state index in [1.807, 2.05) is 48.5 Å². The summed E-state index contributed by atoms with van der Waals surface area (Å²) < 4.78 is 143. The molecule has 0 aliphatic carbocycles. The summed E-state index contributed by atoms with van der Waals surface area (Å²) >= 11 is 0. The summed E-state index contributed by atoms with van der Waals surface area (Å²) in [5.41, 5.74) is 3.30. The predicted molar refractivity (Wildman–Crippen MR) is 346 cm³/mol. The molecule has 86 heavy (non-hydrogen) atoms. The number of hydrogen-bond acceptors (Lipinski definition) is 8. The Bertz CT molecular complexity index is 2840. The molecule has 0 aromatic heterocycles. The topological polar surface area (TPSA) is 127 Å². The van der Waals surface area contributed by atoms with Gasteiger partial charge >= 0.3 is 12.4 Å². The van der Waals surface area contributed by atoms with Gasteiger partial charge in [0.15, 0.2) is 12.2 Å². The largest absolute Gasteiger partial charge is 0.455 e.